The fourth-order valence-electron chi connectivity index (χ4n) is 2.17. The van der Waals surface area contributed by atoms with Gasteiger partial charge in [-0.3, -0.25) is 4.79 Å². The number of rotatable bonds is 6. The maximum atomic E-state index is 12.0. The Hall–Kier alpha value is -0.320. The topological polar surface area (TPSA) is 41.6 Å². The van der Waals surface area contributed by atoms with E-state index in [0.29, 0.717) is 13.2 Å². The van der Waals surface area contributed by atoms with E-state index in [0.717, 1.165) is 31.9 Å². The second-order valence-corrected chi connectivity index (χ2v) is 5.28. The lowest BCUT2D eigenvalue weighted by molar-refractivity contribution is -0.133. The van der Waals surface area contributed by atoms with Crippen molar-refractivity contribution in [2.24, 2.45) is 5.92 Å². The highest BCUT2D eigenvalue weighted by Gasteiger charge is 2.24. The van der Waals surface area contributed by atoms with Crippen molar-refractivity contribution in [3.63, 3.8) is 0 Å². The van der Waals surface area contributed by atoms with Crippen LogP contribution in [0, 0.1) is 5.92 Å². The summed E-state index contributed by atoms with van der Waals surface area (Å²) in [5, 5.41) is 3.29. The highest BCUT2D eigenvalue weighted by Crippen LogP contribution is 2.28. The van der Waals surface area contributed by atoms with Crippen molar-refractivity contribution < 1.29 is 9.53 Å². The summed E-state index contributed by atoms with van der Waals surface area (Å²) in [6.07, 6.45) is 5.97. The molecule has 1 saturated heterocycles. The van der Waals surface area contributed by atoms with Crippen molar-refractivity contribution in [1.82, 2.24) is 10.2 Å². The molecule has 1 aliphatic carbocycles. The van der Waals surface area contributed by atoms with E-state index < -0.39 is 0 Å². The van der Waals surface area contributed by atoms with Crippen LogP contribution in [0.4, 0.5) is 0 Å². The molecule has 1 N–H and O–H groups in total. The highest BCUT2D eigenvalue weighted by atomic mass is 35.5. The first-order chi connectivity index (χ1) is 8.27. The maximum Gasteiger partial charge on any atom is 0.239 e. The average Bonchev–Trinajstić information content (AvgIpc) is 3.18. The second-order valence-electron chi connectivity index (χ2n) is 5.28. The molecule has 1 saturated carbocycles. The van der Waals surface area contributed by atoms with Crippen molar-refractivity contribution in [2.45, 2.75) is 38.1 Å². The molecule has 4 nitrogen and oxygen atoms in total. The van der Waals surface area contributed by atoms with Crippen LogP contribution in [0.3, 0.4) is 0 Å². The van der Waals surface area contributed by atoms with Gasteiger partial charge in [0, 0.05) is 20.2 Å². The largest absolute Gasteiger partial charge is 0.379 e. The van der Waals surface area contributed by atoms with E-state index in [1.54, 1.807) is 4.90 Å². The molecule has 0 spiro atoms. The third-order valence-electron chi connectivity index (χ3n) is 3.61. The third kappa shape index (κ3) is 5.12. The van der Waals surface area contributed by atoms with Gasteiger partial charge in [-0.05, 0) is 38.1 Å². The Bertz CT molecular complexity index is 253. The van der Waals surface area contributed by atoms with Crippen LogP contribution in [-0.2, 0) is 9.53 Å². The molecule has 0 aromatic rings. The Morgan fingerprint density at radius 1 is 1.33 bits per heavy atom. The number of amides is 1. The third-order valence-corrected chi connectivity index (χ3v) is 3.61. The molecule has 0 bridgehead atoms. The van der Waals surface area contributed by atoms with E-state index in [2.05, 4.69) is 5.32 Å². The summed E-state index contributed by atoms with van der Waals surface area (Å²) in [5.41, 5.74) is 0. The predicted octanol–water partition coefficient (Wildman–Crippen LogP) is 1.44. The van der Waals surface area contributed by atoms with Gasteiger partial charge in [0.1, 0.15) is 0 Å². The maximum absolute atomic E-state index is 12.0. The van der Waals surface area contributed by atoms with E-state index in [1.165, 1.54) is 19.3 Å². The number of halogens is 1. The standard InChI is InChI=1S/C13H24N2O2.ClH/c1-15(8-9-17-10-11-5-6-11)13(16)12-4-2-3-7-14-12;/h11-12,14H,2-10H2,1H3;1H. The first-order valence-corrected chi connectivity index (χ1v) is 6.83. The van der Waals surface area contributed by atoms with Crippen LogP contribution >= 0.6 is 12.4 Å². The molecule has 5 heteroatoms. The minimum atomic E-state index is 0. The molecule has 106 valence electrons. The van der Waals surface area contributed by atoms with Gasteiger partial charge in [0.15, 0.2) is 0 Å². The van der Waals surface area contributed by atoms with Crippen molar-refractivity contribution >= 4 is 18.3 Å². The van der Waals surface area contributed by atoms with Gasteiger partial charge in [-0.1, -0.05) is 6.42 Å². The van der Waals surface area contributed by atoms with Gasteiger partial charge in [0.2, 0.25) is 5.91 Å². The Labute approximate surface area is 116 Å². The average molecular weight is 277 g/mol. The van der Waals surface area contributed by atoms with E-state index in [1.807, 2.05) is 7.05 Å². The van der Waals surface area contributed by atoms with E-state index in [9.17, 15) is 4.79 Å². The number of nitrogens with one attached hydrogen (secondary N) is 1. The van der Waals surface area contributed by atoms with Crippen LogP contribution < -0.4 is 5.32 Å². The van der Waals surface area contributed by atoms with Crippen LogP contribution in [0.2, 0.25) is 0 Å². The number of hydrogen-bond donors (Lipinski definition) is 1. The summed E-state index contributed by atoms with van der Waals surface area (Å²) in [6.45, 7) is 3.24. The van der Waals surface area contributed by atoms with Crippen molar-refractivity contribution in [1.29, 1.82) is 0 Å². The number of carbonyl (C=O) groups is 1. The molecule has 2 aliphatic rings. The minimum Gasteiger partial charge on any atom is -0.379 e. The summed E-state index contributed by atoms with van der Waals surface area (Å²) in [5.74, 6) is 1.02. The molecule has 18 heavy (non-hydrogen) atoms. The zero-order valence-corrected chi connectivity index (χ0v) is 12.0. The molecule has 1 amide bonds. The molecule has 1 heterocycles. The molecular weight excluding hydrogens is 252 g/mol. The normalized spacial score (nSPS) is 23.3. The lowest BCUT2D eigenvalue weighted by Gasteiger charge is -2.27. The van der Waals surface area contributed by atoms with Crippen LogP contribution in [0.15, 0.2) is 0 Å². The first kappa shape index (κ1) is 15.7. The Kier molecular flexibility index (Phi) is 6.97. The minimum absolute atomic E-state index is 0. The summed E-state index contributed by atoms with van der Waals surface area (Å²) in [6, 6.07) is 0.0391. The van der Waals surface area contributed by atoms with Crippen LogP contribution in [0.25, 0.3) is 0 Å². The number of hydrogen-bond acceptors (Lipinski definition) is 3. The van der Waals surface area contributed by atoms with Gasteiger partial charge in [-0.25, -0.2) is 0 Å². The molecule has 2 fully saturated rings. The Morgan fingerprint density at radius 3 is 2.72 bits per heavy atom. The lowest BCUT2D eigenvalue weighted by atomic mass is 10.0. The van der Waals surface area contributed by atoms with Crippen molar-refractivity contribution in [3.05, 3.63) is 0 Å². The zero-order valence-electron chi connectivity index (χ0n) is 11.2. The van der Waals surface area contributed by atoms with Gasteiger partial charge in [0.05, 0.1) is 12.6 Å². The number of nitrogens with zero attached hydrogens (tertiary/aromatic N) is 1. The van der Waals surface area contributed by atoms with Gasteiger partial charge in [-0.15, -0.1) is 12.4 Å². The monoisotopic (exact) mass is 276 g/mol. The number of likely N-dealkylation sites (N-methyl/N-ethyl adjacent to an activating group) is 1. The number of piperidine rings is 1. The molecule has 1 aliphatic heterocycles. The number of carbonyl (C=O) groups excluding carboxylic acids is 1. The quantitative estimate of drug-likeness (QED) is 0.747. The summed E-state index contributed by atoms with van der Waals surface area (Å²) < 4.78 is 5.55. The van der Waals surface area contributed by atoms with E-state index >= 15 is 0 Å². The van der Waals surface area contributed by atoms with E-state index in [-0.39, 0.29) is 24.4 Å². The molecule has 0 aromatic carbocycles. The molecule has 0 aromatic heterocycles. The summed E-state index contributed by atoms with van der Waals surface area (Å²) >= 11 is 0. The molecule has 2 rings (SSSR count). The molecule has 1 unspecified atom stereocenters. The zero-order chi connectivity index (χ0) is 12.1. The SMILES string of the molecule is CN(CCOCC1CC1)C(=O)C1CCCCN1.Cl. The molecular formula is C13H25ClN2O2. The van der Waals surface area contributed by atoms with Gasteiger partial charge in [0.25, 0.3) is 0 Å². The van der Waals surface area contributed by atoms with Crippen LogP contribution in [0.5, 0.6) is 0 Å². The predicted molar refractivity (Wildman–Crippen MR) is 74.1 cm³/mol. The van der Waals surface area contributed by atoms with Crippen molar-refractivity contribution in [2.75, 3.05) is 33.4 Å². The number of ether oxygens (including phenoxy) is 1. The molecule has 0 radical (unpaired) electrons. The van der Waals surface area contributed by atoms with Gasteiger partial charge >= 0.3 is 0 Å². The fraction of sp³-hybridized carbons (Fsp3) is 0.923. The van der Waals surface area contributed by atoms with E-state index in [4.69, 9.17) is 4.74 Å². The van der Waals surface area contributed by atoms with Gasteiger partial charge < -0.3 is 15.0 Å². The van der Waals surface area contributed by atoms with Crippen LogP contribution in [0.1, 0.15) is 32.1 Å². The summed E-state index contributed by atoms with van der Waals surface area (Å²) in [7, 11) is 1.87. The van der Waals surface area contributed by atoms with Crippen molar-refractivity contribution in [3.8, 4) is 0 Å². The Balaban J connectivity index is 0.00000162. The molecule has 1 atom stereocenters. The first-order valence-electron chi connectivity index (χ1n) is 6.83. The fourth-order valence-corrected chi connectivity index (χ4v) is 2.17. The summed E-state index contributed by atoms with van der Waals surface area (Å²) in [4.78, 5) is 13.8. The second kappa shape index (κ2) is 7.97. The Morgan fingerprint density at radius 2 is 2.11 bits per heavy atom. The highest BCUT2D eigenvalue weighted by molar-refractivity contribution is 5.85. The van der Waals surface area contributed by atoms with Gasteiger partial charge in [-0.2, -0.15) is 0 Å². The van der Waals surface area contributed by atoms with Crippen LogP contribution in [-0.4, -0.2) is 50.2 Å². The smallest absolute Gasteiger partial charge is 0.239 e. The lowest BCUT2D eigenvalue weighted by Crippen LogP contribution is -2.48.